The van der Waals surface area contributed by atoms with E-state index >= 15 is 0 Å². The van der Waals surface area contributed by atoms with Crippen LogP contribution in [0.5, 0.6) is 0 Å². The fraction of sp³-hybridized carbons (Fsp3) is 0.385. The van der Waals surface area contributed by atoms with Gasteiger partial charge in [0.1, 0.15) is 6.04 Å². The van der Waals surface area contributed by atoms with Gasteiger partial charge in [-0.3, -0.25) is 9.59 Å². The molecule has 19 heavy (non-hydrogen) atoms. The second-order valence-electron chi connectivity index (χ2n) is 3.99. The van der Waals surface area contributed by atoms with Gasteiger partial charge in [0.15, 0.2) is 0 Å². The van der Waals surface area contributed by atoms with Crippen molar-refractivity contribution >= 4 is 17.5 Å². The molecule has 0 saturated carbocycles. The second-order valence-corrected chi connectivity index (χ2v) is 3.99. The highest BCUT2D eigenvalue weighted by atomic mass is 16.5. The van der Waals surface area contributed by atoms with E-state index in [1.54, 1.807) is 24.3 Å². The van der Waals surface area contributed by atoms with Crippen LogP contribution >= 0.6 is 0 Å². The summed E-state index contributed by atoms with van der Waals surface area (Å²) in [6, 6.07) is 5.88. The van der Waals surface area contributed by atoms with Gasteiger partial charge in [0, 0.05) is 24.9 Å². The molecule has 0 aliphatic heterocycles. The molecule has 4 N–H and O–H groups in total. The Morgan fingerprint density at radius 1 is 1.32 bits per heavy atom. The van der Waals surface area contributed by atoms with Crippen LogP contribution < -0.4 is 16.4 Å². The molecule has 2 amide bonds. The lowest BCUT2D eigenvalue weighted by atomic mass is 10.2. The number of benzene rings is 1. The van der Waals surface area contributed by atoms with Crippen molar-refractivity contribution in [3.63, 3.8) is 0 Å². The summed E-state index contributed by atoms with van der Waals surface area (Å²) in [4.78, 5) is 23.2. The molecule has 0 saturated heterocycles. The predicted molar refractivity (Wildman–Crippen MR) is 72.9 cm³/mol. The van der Waals surface area contributed by atoms with Gasteiger partial charge in [-0.1, -0.05) is 0 Å². The number of nitrogens with two attached hydrogens (primary N) is 1. The van der Waals surface area contributed by atoms with Gasteiger partial charge >= 0.3 is 0 Å². The molecule has 0 bridgehead atoms. The smallest absolute Gasteiger partial charge is 0.251 e. The Morgan fingerprint density at radius 2 is 1.95 bits per heavy atom. The molecule has 0 spiro atoms. The summed E-state index contributed by atoms with van der Waals surface area (Å²) < 4.78 is 4.80. The average molecular weight is 265 g/mol. The molecule has 1 aromatic carbocycles. The fourth-order valence-electron chi connectivity index (χ4n) is 1.46. The maximum atomic E-state index is 11.6. The van der Waals surface area contributed by atoms with Crippen LogP contribution in [0.2, 0.25) is 0 Å². The van der Waals surface area contributed by atoms with Crippen LogP contribution in [-0.4, -0.2) is 38.1 Å². The standard InChI is InChI=1S/C13H19N3O3/c1-3-15-12(17)9-4-6-10(7-5-9)16-13(18)11(14)8-19-2/h4-7,11H,3,8,14H2,1-2H3,(H,15,17)(H,16,18). The van der Waals surface area contributed by atoms with E-state index in [1.807, 2.05) is 6.92 Å². The molecule has 6 nitrogen and oxygen atoms in total. The van der Waals surface area contributed by atoms with Crippen LogP contribution in [0.25, 0.3) is 0 Å². The summed E-state index contributed by atoms with van der Waals surface area (Å²) >= 11 is 0. The van der Waals surface area contributed by atoms with Crippen molar-refractivity contribution in [2.45, 2.75) is 13.0 Å². The summed E-state index contributed by atoms with van der Waals surface area (Å²) in [5.41, 5.74) is 6.72. The lowest BCUT2D eigenvalue weighted by molar-refractivity contribution is -0.118. The van der Waals surface area contributed by atoms with Crippen molar-refractivity contribution in [3.8, 4) is 0 Å². The zero-order valence-electron chi connectivity index (χ0n) is 11.1. The van der Waals surface area contributed by atoms with Crippen molar-refractivity contribution in [1.82, 2.24) is 5.32 Å². The molecule has 1 atom stereocenters. The number of amides is 2. The molecule has 6 heteroatoms. The van der Waals surface area contributed by atoms with Crippen molar-refractivity contribution in [3.05, 3.63) is 29.8 Å². The van der Waals surface area contributed by atoms with Crippen LogP contribution in [0.15, 0.2) is 24.3 Å². The maximum absolute atomic E-state index is 11.6. The van der Waals surface area contributed by atoms with E-state index in [0.717, 1.165) is 0 Å². The molecular formula is C13H19N3O3. The highest BCUT2D eigenvalue weighted by Crippen LogP contribution is 2.09. The number of nitrogens with one attached hydrogen (secondary N) is 2. The van der Waals surface area contributed by atoms with Crippen LogP contribution in [0, 0.1) is 0 Å². The van der Waals surface area contributed by atoms with Gasteiger partial charge in [-0.2, -0.15) is 0 Å². The van der Waals surface area contributed by atoms with Crippen molar-refractivity contribution in [2.24, 2.45) is 5.73 Å². The minimum Gasteiger partial charge on any atom is -0.383 e. The summed E-state index contributed by atoms with van der Waals surface area (Å²) in [6.45, 7) is 2.58. The number of carbonyl (C=O) groups is 2. The largest absolute Gasteiger partial charge is 0.383 e. The van der Waals surface area contributed by atoms with Crippen molar-refractivity contribution in [2.75, 3.05) is 25.6 Å². The SMILES string of the molecule is CCNC(=O)c1ccc(NC(=O)C(N)COC)cc1. The highest BCUT2D eigenvalue weighted by Gasteiger charge is 2.13. The Bertz CT molecular complexity index is 431. The van der Waals surface area contributed by atoms with E-state index in [9.17, 15) is 9.59 Å². The third-order valence-corrected chi connectivity index (χ3v) is 2.43. The minimum absolute atomic E-state index is 0.142. The van der Waals surface area contributed by atoms with Crippen LogP contribution in [-0.2, 0) is 9.53 Å². The Balaban J connectivity index is 2.62. The number of hydrogen-bond donors (Lipinski definition) is 3. The second kappa shape index (κ2) is 7.50. The van der Waals surface area contributed by atoms with E-state index in [2.05, 4.69) is 10.6 Å². The monoisotopic (exact) mass is 265 g/mol. The van der Waals surface area contributed by atoms with Crippen LogP contribution in [0.3, 0.4) is 0 Å². The van der Waals surface area contributed by atoms with Gasteiger partial charge in [0.05, 0.1) is 6.61 Å². The topological polar surface area (TPSA) is 93.5 Å². The summed E-state index contributed by atoms with van der Waals surface area (Å²) in [6.07, 6.45) is 0. The van der Waals surface area contributed by atoms with Gasteiger partial charge in [0.2, 0.25) is 5.91 Å². The lowest BCUT2D eigenvalue weighted by Crippen LogP contribution is -2.39. The molecule has 1 aromatic rings. The van der Waals surface area contributed by atoms with Crippen molar-refractivity contribution in [1.29, 1.82) is 0 Å². The number of hydrogen-bond acceptors (Lipinski definition) is 4. The molecule has 104 valence electrons. The van der Waals surface area contributed by atoms with Crippen LogP contribution in [0.4, 0.5) is 5.69 Å². The molecule has 0 fully saturated rings. The van der Waals surface area contributed by atoms with E-state index < -0.39 is 6.04 Å². The Hall–Kier alpha value is -1.92. The van der Waals surface area contributed by atoms with Gasteiger partial charge in [-0.05, 0) is 31.2 Å². The zero-order chi connectivity index (χ0) is 14.3. The maximum Gasteiger partial charge on any atom is 0.251 e. The number of rotatable bonds is 6. The fourth-order valence-corrected chi connectivity index (χ4v) is 1.46. The first-order valence-corrected chi connectivity index (χ1v) is 6.02. The van der Waals surface area contributed by atoms with Crippen LogP contribution in [0.1, 0.15) is 17.3 Å². The molecule has 0 aliphatic carbocycles. The van der Waals surface area contributed by atoms with E-state index in [4.69, 9.17) is 10.5 Å². The lowest BCUT2D eigenvalue weighted by Gasteiger charge is -2.11. The predicted octanol–water partition coefficient (Wildman–Crippen LogP) is 0.349. The Labute approximate surface area is 112 Å². The summed E-state index contributed by atoms with van der Waals surface area (Å²) in [7, 11) is 1.48. The number of methoxy groups -OCH3 is 1. The molecule has 1 unspecified atom stereocenters. The molecule has 0 heterocycles. The molecule has 1 rings (SSSR count). The minimum atomic E-state index is -0.715. The zero-order valence-corrected chi connectivity index (χ0v) is 11.1. The van der Waals surface area contributed by atoms with E-state index in [0.29, 0.717) is 17.8 Å². The molecular weight excluding hydrogens is 246 g/mol. The Morgan fingerprint density at radius 3 is 2.47 bits per heavy atom. The van der Waals surface area contributed by atoms with Gasteiger partial charge < -0.3 is 21.1 Å². The number of ether oxygens (including phenoxy) is 1. The third kappa shape index (κ3) is 4.69. The number of anilines is 1. The Kier molecular flexibility index (Phi) is 5.98. The van der Waals surface area contributed by atoms with Gasteiger partial charge in [0.25, 0.3) is 5.91 Å². The van der Waals surface area contributed by atoms with Gasteiger partial charge in [-0.15, -0.1) is 0 Å². The summed E-state index contributed by atoms with van der Waals surface area (Å²) in [5.74, 6) is -0.468. The quantitative estimate of drug-likeness (QED) is 0.692. The third-order valence-electron chi connectivity index (χ3n) is 2.43. The summed E-state index contributed by atoms with van der Waals surface area (Å²) in [5, 5.41) is 5.34. The molecule has 0 aliphatic rings. The molecule has 0 aromatic heterocycles. The highest BCUT2D eigenvalue weighted by molar-refractivity contribution is 5.97. The first-order valence-electron chi connectivity index (χ1n) is 6.02. The van der Waals surface area contributed by atoms with Gasteiger partial charge in [-0.25, -0.2) is 0 Å². The molecule has 0 radical (unpaired) electrons. The number of carbonyl (C=O) groups excluding carboxylic acids is 2. The first kappa shape index (κ1) is 15.1. The first-order chi connectivity index (χ1) is 9.08. The van der Waals surface area contributed by atoms with Crippen molar-refractivity contribution < 1.29 is 14.3 Å². The van der Waals surface area contributed by atoms with E-state index in [-0.39, 0.29) is 18.4 Å². The average Bonchev–Trinajstić information content (AvgIpc) is 2.40. The normalized spacial score (nSPS) is 11.7. The van der Waals surface area contributed by atoms with E-state index in [1.165, 1.54) is 7.11 Å².